The van der Waals surface area contributed by atoms with E-state index in [4.69, 9.17) is 4.42 Å². The van der Waals surface area contributed by atoms with Gasteiger partial charge in [-0.25, -0.2) is 17.1 Å². The maximum atomic E-state index is 13.8. The van der Waals surface area contributed by atoms with Crippen molar-refractivity contribution in [3.63, 3.8) is 0 Å². The normalized spacial score (nSPS) is 18.9. The number of rotatable bonds is 4. The summed E-state index contributed by atoms with van der Waals surface area (Å²) >= 11 is 0. The largest absolute Gasteiger partial charge is 0.451 e. The second-order valence-corrected chi connectivity index (χ2v) is 8.06. The maximum Gasteiger partial charge on any atom is 0.287 e. The van der Waals surface area contributed by atoms with Crippen molar-refractivity contribution in [3.8, 4) is 11.3 Å². The van der Waals surface area contributed by atoms with Crippen molar-refractivity contribution in [2.24, 2.45) is 0 Å². The van der Waals surface area contributed by atoms with Crippen molar-refractivity contribution < 1.29 is 22.0 Å². The van der Waals surface area contributed by atoms with Gasteiger partial charge in [0.25, 0.3) is 5.91 Å². The first-order valence-corrected chi connectivity index (χ1v) is 9.80. The predicted molar refractivity (Wildman–Crippen MR) is 91.0 cm³/mol. The van der Waals surface area contributed by atoms with Crippen molar-refractivity contribution in [1.82, 2.24) is 9.62 Å². The second kappa shape index (κ2) is 6.97. The monoisotopic (exact) mass is 366 g/mol. The second-order valence-electron chi connectivity index (χ2n) is 6.08. The first-order chi connectivity index (χ1) is 11.8. The molecule has 2 heterocycles. The standard InChI is InChI=1S/C17H19FN2O4S/c1-25(22,23)20-10-4-5-12(11-20)19-17(21)16-9-8-15(24-16)13-6-2-3-7-14(13)18/h2-3,6-9,12H,4-5,10-11H2,1H3,(H,19,21). The van der Waals surface area contributed by atoms with Gasteiger partial charge in [-0.05, 0) is 37.1 Å². The summed E-state index contributed by atoms with van der Waals surface area (Å²) in [5, 5.41) is 2.78. The first kappa shape index (κ1) is 17.6. The van der Waals surface area contributed by atoms with Crippen LogP contribution in [0.5, 0.6) is 0 Å². The molecule has 25 heavy (non-hydrogen) atoms. The number of carbonyl (C=O) groups excluding carboxylic acids is 1. The lowest BCUT2D eigenvalue weighted by Crippen LogP contribution is -2.49. The Labute approximate surface area is 145 Å². The molecule has 2 aromatic rings. The summed E-state index contributed by atoms with van der Waals surface area (Å²) in [6.07, 6.45) is 2.53. The number of hydrogen-bond acceptors (Lipinski definition) is 4. The molecule has 1 amide bonds. The molecule has 1 N–H and O–H groups in total. The topological polar surface area (TPSA) is 79.6 Å². The van der Waals surface area contributed by atoms with Crippen LogP contribution in [0.15, 0.2) is 40.8 Å². The molecule has 0 aliphatic carbocycles. The highest BCUT2D eigenvalue weighted by Crippen LogP contribution is 2.25. The van der Waals surface area contributed by atoms with E-state index in [9.17, 15) is 17.6 Å². The van der Waals surface area contributed by atoms with Crippen molar-refractivity contribution in [3.05, 3.63) is 48.0 Å². The number of nitrogens with zero attached hydrogens (tertiary/aromatic N) is 1. The molecule has 0 bridgehead atoms. The first-order valence-electron chi connectivity index (χ1n) is 7.95. The molecule has 1 saturated heterocycles. The Kier molecular flexibility index (Phi) is 4.91. The highest BCUT2D eigenvalue weighted by atomic mass is 32.2. The fourth-order valence-electron chi connectivity index (χ4n) is 2.88. The fourth-order valence-corrected chi connectivity index (χ4v) is 3.80. The molecule has 1 aliphatic rings. The Bertz CT molecular complexity index is 878. The number of furan rings is 1. The molecule has 0 saturated carbocycles. The SMILES string of the molecule is CS(=O)(=O)N1CCCC(NC(=O)c2ccc(-c3ccccc3F)o2)C1. The molecule has 1 aromatic heterocycles. The van der Waals surface area contributed by atoms with E-state index in [1.54, 1.807) is 18.2 Å². The minimum absolute atomic E-state index is 0.0646. The molecule has 1 aliphatic heterocycles. The summed E-state index contributed by atoms with van der Waals surface area (Å²) in [5.41, 5.74) is 0.280. The van der Waals surface area contributed by atoms with Crippen LogP contribution in [0, 0.1) is 5.82 Å². The van der Waals surface area contributed by atoms with Crippen LogP contribution in [0.4, 0.5) is 4.39 Å². The summed E-state index contributed by atoms with van der Waals surface area (Å²) < 4.78 is 43.9. The Morgan fingerprint density at radius 1 is 1.28 bits per heavy atom. The Morgan fingerprint density at radius 2 is 2.04 bits per heavy atom. The van der Waals surface area contributed by atoms with Gasteiger partial charge >= 0.3 is 0 Å². The number of amides is 1. The van der Waals surface area contributed by atoms with Crippen molar-refractivity contribution in [2.75, 3.05) is 19.3 Å². The van der Waals surface area contributed by atoms with Crippen LogP contribution in [-0.2, 0) is 10.0 Å². The zero-order valence-electron chi connectivity index (χ0n) is 13.7. The zero-order valence-corrected chi connectivity index (χ0v) is 14.6. The number of piperidine rings is 1. The Morgan fingerprint density at radius 3 is 2.76 bits per heavy atom. The van der Waals surface area contributed by atoms with Gasteiger partial charge in [-0.15, -0.1) is 0 Å². The predicted octanol–water partition coefficient (Wildman–Crippen LogP) is 2.24. The molecular formula is C17H19FN2O4S. The average Bonchev–Trinajstić information content (AvgIpc) is 3.04. The van der Waals surface area contributed by atoms with Gasteiger partial charge in [0.05, 0.1) is 11.8 Å². The third-order valence-electron chi connectivity index (χ3n) is 4.16. The minimum Gasteiger partial charge on any atom is -0.451 e. The third-order valence-corrected chi connectivity index (χ3v) is 5.43. The van der Waals surface area contributed by atoms with Crippen molar-refractivity contribution in [1.29, 1.82) is 0 Å². The van der Waals surface area contributed by atoms with Crippen LogP contribution in [0.3, 0.4) is 0 Å². The molecule has 3 rings (SSSR count). The highest BCUT2D eigenvalue weighted by Gasteiger charge is 2.27. The number of hydrogen-bond donors (Lipinski definition) is 1. The lowest BCUT2D eigenvalue weighted by Gasteiger charge is -2.31. The van der Waals surface area contributed by atoms with E-state index in [-0.39, 0.29) is 29.7 Å². The molecule has 6 nitrogen and oxygen atoms in total. The summed E-state index contributed by atoms with van der Waals surface area (Å²) in [6, 6.07) is 8.89. The van der Waals surface area contributed by atoms with Crippen molar-refractivity contribution >= 4 is 15.9 Å². The molecule has 1 aromatic carbocycles. The molecule has 8 heteroatoms. The van der Waals surface area contributed by atoms with E-state index in [1.807, 2.05) is 0 Å². The van der Waals surface area contributed by atoms with Crippen molar-refractivity contribution in [2.45, 2.75) is 18.9 Å². The van der Waals surface area contributed by atoms with E-state index in [0.29, 0.717) is 19.4 Å². The van der Waals surface area contributed by atoms with Crippen LogP contribution in [0.25, 0.3) is 11.3 Å². The quantitative estimate of drug-likeness (QED) is 0.900. The van der Waals surface area contributed by atoms with Gasteiger partial charge in [0.15, 0.2) is 5.76 Å². The van der Waals surface area contributed by atoms with Gasteiger partial charge in [-0.3, -0.25) is 4.79 Å². The zero-order chi connectivity index (χ0) is 18.0. The van der Waals surface area contributed by atoms with Crippen LogP contribution < -0.4 is 5.32 Å². The maximum absolute atomic E-state index is 13.8. The summed E-state index contributed by atoms with van der Waals surface area (Å²) in [4.78, 5) is 12.3. The number of nitrogens with one attached hydrogen (secondary N) is 1. The number of halogens is 1. The minimum atomic E-state index is -3.28. The van der Waals surface area contributed by atoms with E-state index >= 15 is 0 Å². The van der Waals surface area contributed by atoms with Crippen LogP contribution >= 0.6 is 0 Å². The molecule has 1 atom stereocenters. The van der Waals surface area contributed by atoms with E-state index in [1.165, 1.54) is 22.5 Å². The lowest BCUT2D eigenvalue weighted by atomic mass is 10.1. The van der Waals surface area contributed by atoms with Crippen LogP contribution in [0.2, 0.25) is 0 Å². The molecule has 134 valence electrons. The van der Waals surface area contributed by atoms with E-state index in [0.717, 1.165) is 6.26 Å². The molecule has 1 fully saturated rings. The Balaban J connectivity index is 1.69. The van der Waals surface area contributed by atoms with E-state index < -0.39 is 21.7 Å². The number of sulfonamides is 1. The van der Waals surface area contributed by atoms with Gasteiger partial charge < -0.3 is 9.73 Å². The van der Waals surface area contributed by atoms with Gasteiger partial charge in [-0.2, -0.15) is 0 Å². The smallest absolute Gasteiger partial charge is 0.287 e. The van der Waals surface area contributed by atoms with Crippen LogP contribution in [0.1, 0.15) is 23.4 Å². The molecular weight excluding hydrogens is 347 g/mol. The number of benzene rings is 1. The van der Waals surface area contributed by atoms with Crippen LogP contribution in [-0.4, -0.2) is 44.0 Å². The molecule has 0 spiro atoms. The summed E-state index contributed by atoms with van der Waals surface area (Å²) in [7, 11) is -3.28. The average molecular weight is 366 g/mol. The summed E-state index contributed by atoms with van der Waals surface area (Å²) in [6.45, 7) is 0.703. The fraction of sp³-hybridized carbons (Fsp3) is 0.353. The van der Waals surface area contributed by atoms with Gasteiger partial charge in [-0.1, -0.05) is 12.1 Å². The van der Waals surface area contributed by atoms with Gasteiger partial charge in [0, 0.05) is 19.1 Å². The Hall–Kier alpha value is -2.19. The molecule has 0 radical (unpaired) electrons. The van der Waals surface area contributed by atoms with Gasteiger partial charge in [0.2, 0.25) is 10.0 Å². The third kappa shape index (κ3) is 4.08. The van der Waals surface area contributed by atoms with Gasteiger partial charge in [0.1, 0.15) is 11.6 Å². The molecule has 1 unspecified atom stereocenters. The van der Waals surface area contributed by atoms with E-state index in [2.05, 4.69) is 5.32 Å². The summed E-state index contributed by atoms with van der Waals surface area (Å²) in [5.74, 6) is -0.540. The lowest BCUT2D eigenvalue weighted by molar-refractivity contribution is 0.0894. The number of carbonyl (C=O) groups is 1. The highest BCUT2D eigenvalue weighted by molar-refractivity contribution is 7.88.